The number of hydrogen-bond acceptors (Lipinski definition) is 4. The molecule has 0 unspecified atom stereocenters. The van der Waals surface area contributed by atoms with Gasteiger partial charge in [-0.05, 0) is 15.9 Å². The molecular weight excluding hydrogens is 325 g/mol. The largest absolute Gasteiger partial charge is 0.480 e. The molecule has 0 aliphatic carbocycles. The number of carboxylic acid groups (broad SMARTS) is 1. The highest BCUT2D eigenvalue weighted by atomic mass is 79.9. The lowest BCUT2D eigenvalue weighted by molar-refractivity contribution is -0.175. The Bertz CT molecular complexity index is 385. The predicted octanol–water partition coefficient (Wildman–Crippen LogP) is 1.01. The van der Waals surface area contributed by atoms with Crippen LogP contribution < -0.4 is 5.32 Å². The van der Waals surface area contributed by atoms with Crippen molar-refractivity contribution in [2.45, 2.75) is 31.2 Å². The van der Waals surface area contributed by atoms with Crippen molar-refractivity contribution in [1.82, 2.24) is 5.32 Å². The first-order valence-electron chi connectivity index (χ1n) is 4.69. The summed E-state index contributed by atoms with van der Waals surface area (Å²) in [5, 5.41) is 13.6. The van der Waals surface area contributed by atoms with E-state index in [1.165, 1.54) is 5.32 Å². The molecule has 1 rings (SSSR count). The van der Waals surface area contributed by atoms with Crippen LogP contribution in [-0.4, -0.2) is 39.9 Å². The number of amides is 1. The molecule has 0 bridgehead atoms. The minimum atomic E-state index is -5.12. The molecule has 0 aromatic carbocycles. The summed E-state index contributed by atoms with van der Waals surface area (Å²) < 4.78 is 36.4. The Hall–Kier alpha value is -1.32. The van der Waals surface area contributed by atoms with Crippen molar-refractivity contribution in [2.75, 3.05) is 0 Å². The van der Waals surface area contributed by atoms with Crippen molar-refractivity contribution in [3.8, 4) is 0 Å². The van der Waals surface area contributed by atoms with Gasteiger partial charge in [0.25, 0.3) is 0 Å². The second-order valence-corrected chi connectivity index (χ2v) is 4.41. The van der Waals surface area contributed by atoms with Crippen molar-refractivity contribution in [3.05, 3.63) is 0 Å². The number of halogens is 4. The van der Waals surface area contributed by atoms with Gasteiger partial charge < -0.3 is 15.3 Å². The molecule has 18 heavy (non-hydrogen) atoms. The number of aliphatic carboxylic acids is 1. The van der Waals surface area contributed by atoms with Crippen LogP contribution in [0.5, 0.6) is 0 Å². The van der Waals surface area contributed by atoms with E-state index in [-0.39, 0.29) is 12.8 Å². The van der Waals surface area contributed by atoms with Gasteiger partial charge in [-0.25, -0.2) is 4.79 Å². The average Bonchev–Trinajstić information content (AvgIpc) is 2.61. The quantitative estimate of drug-likeness (QED) is 0.804. The summed E-state index contributed by atoms with van der Waals surface area (Å²) in [5.41, 5.74) is 0. The molecule has 1 heterocycles. The van der Waals surface area contributed by atoms with Crippen molar-refractivity contribution >= 4 is 32.4 Å². The third-order valence-corrected chi connectivity index (χ3v) is 2.52. The fraction of sp³-hybridized carbons (Fsp3) is 0.625. The molecule has 0 fully saturated rings. The number of carbonyl (C=O) groups is 2. The summed E-state index contributed by atoms with van der Waals surface area (Å²) in [7, 11) is 0. The monoisotopic (exact) mass is 332 g/mol. The summed E-state index contributed by atoms with van der Waals surface area (Å²) in [5.74, 6) is -3.87. The molecule has 0 radical (unpaired) electrons. The number of nitrogens with zero attached hydrogens (tertiary/aromatic N) is 1. The number of rotatable bonds is 4. The van der Waals surface area contributed by atoms with E-state index in [4.69, 9.17) is 9.94 Å². The Kier molecular flexibility index (Phi) is 4.54. The van der Waals surface area contributed by atoms with Crippen LogP contribution in [0.1, 0.15) is 12.8 Å². The molecule has 102 valence electrons. The van der Waals surface area contributed by atoms with Crippen molar-refractivity contribution < 1.29 is 32.7 Å². The van der Waals surface area contributed by atoms with E-state index >= 15 is 0 Å². The van der Waals surface area contributed by atoms with Crippen LogP contribution >= 0.6 is 15.9 Å². The maximum Gasteiger partial charge on any atom is 0.471 e. The van der Waals surface area contributed by atoms with Crippen LogP contribution in [0, 0.1) is 0 Å². The van der Waals surface area contributed by atoms with E-state index in [2.05, 4.69) is 21.1 Å². The van der Waals surface area contributed by atoms with Crippen molar-refractivity contribution in [1.29, 1.82) is 0 Å². The first-order valence-corrected chi connectivity index (χ1v) is 5.48. The zero-order valence-corrected chi connectivity index (χ0v) is 10.3. The molecule has 0 spiro atoms. The summed E-state index contributed by atoms with van der Waals surface area (Å²) in [6.07, 6.45) is -5.88. The highest BCUT2D eigenvalue weighted by molar-refractivity contribution is 9.18. The Morgan fingerprint density at radius 3 is 2.61 bits per heavy atom. The third-order valence-electron chi connectivity index (χ3n) is 2.06. The molecule has 1 aliphatic heterocycles. The molecule has 1 aliphatic rings. The van der Waals surface area contributed by atoms with Crippen LogP contribution in [-0.2, 0) is 14.4 Å². The van der Waals surface area contributed by atoms with Crippen LogP contribution in [0.15, 0.2) is 5.16 Å². The van der Waals surface area contributed by atoms with Crippen LogP contribution in [0.25, 0.3) is 0 Å². The van der Waals surface area contributed by atoms with Crippen LogP contribution in [0.2, 0.25) is 0 Å². The number of carboxylic acids is 1. The number of oxime groups is 1. The number of nitrogens with one attached hydrogen (secondary N) is 1. The smallest absolute Gasteiger partial charge is 0.471 e. The zero-order chi connectivity index (χ0) is 13.9. The lowest BCUT2D eigenvalue weighted by atomic mass is 10.1. The zero-order valence-electron chi connectivity index (χ0n) is 8.70. The summed E-state index contributed by atoms with van der Waals surface area (Å²) >= 11 is 3.00. The standard InChI is InChI=1S/C8H8BrF3N2O4/c9-5-2-3(18-14-5)1-4(6(15)16)13-7(17)8(10,11)12/h3-4H,1-2H2,(H,13,17)(H,15,16)/t3-,4+/m1/s1. The van der Waals surface area contributed by atoms with Gasteiger partial charge in [-0.15, -0.1) is 0 Å². The fourth-order valence-corrected chi connectivity index (χ4v) is 1.69. The molecule has 2 atom stereocenters. The first kappa shape index (κ1) is 14.7. The second kappa shape index (κ2) is 5.55. The van der Waals surface area contributed by atoms with Gasteiger partial charge in [-0.1, -0.05) is 5.16 Å². The highest BCUT2D eigenvalue weighted by Gasteiger charge is 2.41. The molecule has 0 saturated heterocycles. The van der Waals surface area contributed by atoms with Gasteiger partial charge in [-0.3, -0.25) is 4.79 Å². The van der Waals surface area contributed by atoms with E-state index in [1.807, 2.05) is 0 Å². The molecule has 1 amide bonds. The Morgan fingerprint density at radius 2 is 2.22 bits per heavy atom. The maximum atomic E-state index is 12.0. The summed E-state index contributed by atoms with van der Waals surface area (Å²) in [6.45, 7) is 0. The SMILES string of the molecule is O=C(O)[C@H](C[C@@H]1CC(Br)=NO1)NC(=O)C(F)(F)F. The molecule has 6 nitrogen and oxygen atoms in total. The highest BCUT2D eigenvalue weighted by Crippen LogP contribution is 2.20. The lowest BCUT2D eigenvalue weighted by Gasteiger charge is -2.17. The first-order chi connectivity index (χ1) is 8.20. The van der Waals surface area contributed by atoms with Gasteiger partial charge in [0.1, 0.15) is 16.8 Å². The van der Waals surface area contributed by atoms with Gasteiger partial charge >= 0.3 is 18.1 Å². The van der Waals surface area contributed by atoms with E-state index in [0.29, 0.717) is 4.62 Å². The predicted molar refractivity (Wildman–Crippen MR) is 56.1 cm³/mol. The van der Waals surface area contributed by atoms with Gasteiger partial charge in [-0.2, -0.15) is 13.2 Å². The number of carbonyl (C=O) groups excluding carboxylic acids is 1. The molecule has 0 saturated carbocycles. The summed E-state index contributed by atoms with van der Waals surface area (Å²) in [4.78, 5) is 26.1. The topological polar surface area (TPSA) is 88.0 Å². The summed E-state index contributed by atoms with van der Waals surface area (Å²) in [6, 6.07) is -1.68. The minimum absolute atomic E-state index is 0.242. The van der Waals surface area contributed by atoms with Crippen molar-refractivity contribution in [3.63, 3.8) is 0 Å². The minimum Gasteiger partial charge on any atom is -0.480 e. The number of alkyl halides is 3. The Balaban J connectivity index is 2.56. The fourth-order valence-electron chi connectivity index (χ4n) is 1.24. The van der Waals surface area contributed by atoms with E-state index in [0.717, 1.165) is 0 Å². The molecule has 0 aromatic rings. The van der Waals surface area contributed by atoms with E-state index in [9.17, 15) is 22.8 Å². The molecular formula is C8H8BrF3N2O4. The van der Waals surface area contributed by atoms with Gasteiger partial charge in [0.05, 0.1) is 0 Å². The van der Waals surface area contributed by atoms with Gasteiger partial charge in [0.2, 0.25) is 0 Å². The van der Waals surface area contributed by atoms with Crippen LogP contribution in [0.3, 0.4) is 0 Å². The average molecular weight is 333 g/mol. The van der Waals surface area contributed by atoms with E-state index in [1.54, 1.807) is 0 Å². The molecule has 2 N–H and O–H groups in total. The molecule has 0 aromatic heterocycles. The third kappa shape index (κ3) is 4.17. The van der Waals surface area contributed by atoms with Gasteiger partial charge in [0, 0.05) is 12.8 Å². The molecule has 10 heteroatoms. The Morgan fingerprint density at radius 1 is 1.61 bits per heavy atom. The second-order valence-electron chi connectivity index (χ2n) is 3.50. The lowest BCUT2D eigenvalue weighted by Crippen LogP contribution is -2.48. The number of hydrogen-bond donors (Lipinski definition) is 2. The van der Waals surface area contributed by atoms with Crippen molar-refractivity contribution in [2.24, 2.45) is 5.16 Å². The van der Waals surface area contributed by atoms with Crippen LogP contribution in [0.4, 0.5) is 13.2 Å². The Labute approximate surface area is 107 Å². The normalized spacial score (nSPS) is 20.9. The van der Waals surface area contributed by atoms with E-state index < -0.39 is 30.2 Å². The maximum absolute atomic E-state index is 12.0. The van der Waals surface area contributed by atoms with Gasteiger partial charge in [0.15, 0.2) is 0 Å².